The van der Waals surface area contributed by atoms with Gasteiger partial charge in [0, 0.05) is 23.8 Å². The van der Waals surface area contributed by atoms with Crippen molar-refractivity contribution in [3.8, 4) is 0 Å². The molecule has 0 bridgehead atoms. The van der Waals surface area contributed by atoms with E-state index >= 15 is 0 Å². The van der Waals surface area contributed by atoms with Crippen LogP contribution < -0.4 is 5.73 Å². The molecule has 3 heteroatoms. The molecule has 15 heavy (non-hydrogen) atoms. The van der Waals surface area contributed by atoms with Gasteiger partial charge in [0.25, 0.3) is 0 Å². The Balaban J connectivity index is 1.71. The molecule has 2 atom stereocenters. The standard InChI is InChI=1S/C12H18N2S/c13-10-3-1-2-9(10)11-7-15-12(14-11)6-8-4-5-8/h7-10H,1-6,13H2. The van der Waals surface area contributed by atoms with Crippen LogP contribution in [0.25, 0.3) is 0 Å². The summed E-state index contributed by atoms with van der Waals surface area (Å²) in [5, 5.41) is 3.58. The number of nitrogens with two attached hydrogens (primary N) is 1. The van der Waals surface area contributed by atoms with Crippen molar-refractivity contribution in [1.82, 2.24) is 4.98 Å². The number of aromatic nitrogens is 1. The third-order valence-corrected chi connectivity index (χ3v) is 4.57. The van der Waals surface area contributed by atoms with Gasteiger partial charge in [-0.05, 0) is 31.6 Å². The molecule has 1 heterocycles. The predicted octanol–water partition coefficient (Wildman–Crippen LogP) is 2.69. The van der Waals surface area contributed by atoms with Crippen molar-refractivity contribution in [1.29, 1.82) is 0 Å². The molecule has 2 nitrogen and oxygen atoms in total. The Kier molecular flexibility index (Phi) is 2.53. The zero-order valence-electron chi connectivity index (χ0n) is 8.98. The van der Waals surface area contributed by atoms with E-state index in [1.807, 2.05) is 11.3 Å². The van der Waals surface area contributed by atoms with E-state index < -0.39 is 0 Å². The summed E-state index contributed by atoms with van der Waals surface area (Å²) >= 11 is 1.84. The molecular formula is C12H18N2S. The summed E-state index contributed by atoms with van der Waals surface area (Å²) in [4.78, 5) is 4.76. The first-order chi connectivity index (χ1) is 7.33. The largest absolute Gasteiger partial charge is 0.327 e. The lowest BCUT2D eigenvalue weighted by Gasteiger charge is -2.11. The van der Waals surface area contributed by atoms with E-state index in [0.717, 1.165) is 5.92 Å². The maximum atomic E-state index is 6.10. The van der Waals surface area contributed by atoms with Gasteiger partial charge in [-0.2, -0.15) is 0 Å². The molecule has 0 aliphatic heterocycles. The molecule has 0 radical (unpaired) electrons. The second-order valence-electron chi connectivity index (χ2n) is 5.01. The van der Waals surface area contributed by atoms with Crippen LogP contribution in [0, 0.1) is 5.92 Å². The zero-order valence-corrected chi connectivity index (χ0v) is 9.80. The van der Waals surface area contributed by atoms with Crippen LogP contribution >= 0.6 is 11.3 Å². The average molecular weight is 222 g/mol. The highest BCUT2D eigenvalue weighted by molar-refractivity contribution is 7.09. The summed E-state index contributed by atoms with van der Waals surface area (Å²) in [5.74, 6) is 1.50. The number of thiazole rings is 1. The van der Waals surface area contributed by atoms with Crippen molar-refractivity contribution >= 4 is 11.3 Å². The quantitative estimate of drug-likeness (QED) is 0.854. The van der Waals surface area contributed by atoms with Gasteiger partial charge in [0.2, 0.25) is 0 Å². The maximum absolute atomic E-state index is 6.10. The molecule has 82 valence electrons. The zero-order chi connectivity index (χ0) is 10.3. The second-order valence-corrected chi connectivity index (χ2v) is 5.96. The Bertz CT molecular complexity index is 343. The summed E-state index contributed by atoms with van der Waals surface area (Å²) in [7, 11) is 0. The Morgan fingerprint density at radius 3 is 2.87 bits per heavy atom. The van der Waals surface area contributed by atoms with Gasteiger partial charge < -0.3 is 5.73 Å². The Morgan fingerprint density at radius 1 is 1.33 bits per heavy atom. The van der Waals surface area contributed by atoms with Crippen molar-refractivity contribution in [3.05, 3.63) is 16.1 Å². The van der Waals surface area contributed by atoms with Crippen molar-refractivity contribution in [2.75, 3.05) is 0 Å². The fourth-order valence-corrected chi connectivity index (χ4v) is 3.49. The van der Waals surface area contributed by atoms with Gasteiger partial charge in [0.15, 0.2) is 0 Å². The molecule has 2 saturated carbocycles. The molecule has 2 aliphatic rings. The Hall–Kier alpha value is -0.410. The van der Waals surface area contributed by atoms with Gasteiger partial charge in [-0.1, -0.05) is 6.42 Å². The maximum Gasteiger partial charge on any atom is 0.0931 e. The monoisotopic (exact) mass is 222 g/mol. The number of hydrogen-bond acceptors (Lipinski definition) is 3. The van der Waals surface area contributed by atoms with Crippen molar-refractivity contribution in [2.24, 2.45) is 11.7 Å². The number of rotatable bonds is 3. The van der Waals surface area contributed by atoms with Gasteiger partial charge in [-0.25, -0.2) is 4.98 Å². The Morgan fingerprint density at radius 2 is 2.20 bits per heavy atom. The highest BCUT2D eigenvalue weighted by atomic mass is 32.1. The van der Waals surface area contributed by atoms with Gasteiger partial charge >= 0.3 is 0 Å². The molecule has 0 saturated heterocycles. The third-order valence-electron chi connectivity index (χ3n) is 3.68. The van der Waals surface area contributed by atoms with Crippen LogP contribution in [0.5, 0.6) is 0 Å². The summed E-state index contributed by atoms with van der Waals surface area (Å²) in [6.07, 6.45) is 7.75. The van der Waals surface area contributed by atoms with Crippen LogP contribution in [0.3, 0.4) is 0 Å². The van der Waals surface area contributed by atoms with Crippen LogP contribution in [0.1, 0.15) is 48.7 Å². The fourth-order valence-electron chi connectivity index (χ4n) is 2.51. The smallest absolute Gasteiger partial charge is 0.0931 e. The molecule has 1 aromatic rings. The first-order valence-electron chi connectivity index (χ1n) is 6.03. The molecular weight excluding hydrogens is 204 g/mol. The molecule has 3 rings (SSSR count). The molecule has 0 amide bonds. The van der Waals surface area contributed by atoms with Crippen molar-refractivity contribution < 1.29 is 0 Å². The van der Waals surface area contributed by atoms with E-state index in [1.54, 1.807) is 0 Å². The van der Waals surface area contributed by atoms with E-state index in [1.165, 1.54) is 49.2 Å². The molecule has 2 unspecified atom stereocenters. The van der Waals surface area contributed by atoms with Gasteiger partial charge in [0.1, 0.15) is 0 Å². The topological polar surface area (TPSA) is 38.9 Å². The molecule has 2 N–H and O–H groups in total. The first kappa shape index (κ1) is 9.79. The Labute approximate surface area is 94.9 Å². The molecule has 2 aliphatic carbocycles. The van der Waals surface area contributed by atoms with Crippen LogP contribution in [0.2, 0.25) is 0 Å². The minimum absolute atomic E-state index is 0.362. The van der Waals surface area contributed by atoms with Crippen molar-refractivity contribution in [2.45, 2.75) is 50.5 Å². The van der Waals surface area contributed by atoms with E-state index in [4.69, 9.17) is 10.7 Å². The normalized spacial score (nSPS) is 31.0. The van der Waals surface area contributed by atoms with Crippen LogP contribution in [0.15, 0.2) is 5.38 Å². The second kappa shape index (κ2) is 3.87. The molecule has 2 fully saturated rings. The summed E-state index contributed by atoms with van der Waals surface area (Å²) in [6.45, 7) is 0. The minimum atomic E-state index is 0.362. The molecule has 0 spiro atoms. The predicted molar refractivity (Wildman–Crippen MR) is 63.1 cm³/mol. The van der Waals surface area contributed by atoms with Gasteiger partial charge in [-0.15, -0.1) is 11.3 Å². The lowest BCUT2D eigenvalue weighted by Crippen LogP contribution is -2.22. The molecule has 0 aromatic carbocycles. The lowest BCUT2D eigenvalue weighted by molar-refractivity contribution is 0.599. The highest BCUT2D eigenvalue weighted by Crippen LogP contribution is 2.36. The average Bonchev–Trinajstić information content (AvgIpc) is 2.74. The lowest BCUT2D eigenvalue weighted by atomic mass is 10.0. The van der Waals surface area contributed by atoms with Gasteiger partial charge in [-0.3, -0.25) is 0 Å². The van der Waals surface area contributed by atoms with Crippen LogP contribution in [-0.4, -0.2) is 11.0 Å². The minimum Gasteiger partial charge on any atom is -0.327 e. The summed E-state index contributed by atoms with van der Waals surface area (Å²) in [6, 6.07) is 0.362. The molecule has 1 aromatic heterocycles. The SMILES string of the molecule is NC1CCCC1c1csc(CC2CC2)n1. The van der Waals surface area contributed by atoms with E-state index in [0.29, 0.717) is 12.0 Å². The fraction of sp³-hybridized carbons (Fsp3) is 0.750. The van der Waals surface area contributed by atoms with Crippen LogP contribution in [-0.2, 0) is 6.42 Å². The van der Waals surface area contributed by atoms with E-state index in [-0.39, 0.29) is 0 Å². The van der Waals surface area contributed by atoms with Crippen LogP contribution in [0.4, 0.5) is 0 Å². The summed E-state index contributed by atoms with van der Waals surface area (Å²) < 4.78 is 0. The van der Waals surface area contributed by atoms with Gasteiger partial charge in [0.05, 0.1) is 10.7 Å². The van der Waals surface area contributed by atoms with Crippen molar-refractivity contribution in [3.63, 3.8) is 0 Å². The third kappa shape index (κ3) is 2.08. The summed E-state index contributed by atoms with van der Waals surface area (Å²) in [5.41, 5.74) is 7.38. The number of hydrogen-bond donors (Lipinski definition) is 1. The highest BCUT2D eigenvalue weighted by Gasteiger charge is 2.28. The first-order valence-corrected chi connectivity index (χ1v) is 6.91. The van der Waals surface area contributed by atoms with E-state index in [9.17, 15) is 0 Å². The number of nitrogens with zero attached hydrogens (tertiary/aromatic N) is 1. The van der Waals surface area contributed by atoms with E-state index in [2.05, 4.69) is 5.38 Å².